The van der Waals surface area contributed by atoms with E-state index in [4.69, 9.17) is 0 Å². The number of rotatable bonds is 4. The maximum Gasteiger partial charge on any atom is 0.185 e. The molecular weight excluding hydrogens is 293 g/mol. The van der Waals surface area contributed by atoms with E-state index in [0.29, 0.717) is 11.3 Å². The Morgan fingerprint density at radius 1 is 1.09 bits per heavy atom. The fourth-order valence-electron chi connectivity index (χ4n) is 2.73. The van der Waals surface area contributed by atoms with Gasteiger partial charge in [-0.15, -0.1) is 0 Å². The number of phenols is 1. The fraction of sp³-hybridized carbons (Fsp3) is 0.211. The number of ketones is 1. The van der Waals surface area contributed by atoms with Crippen LogP contribution in [0.25, 0.3) is 6.08 Å². The van der Waals surface area contributed by atoms with Crippen LogP contribution in [0.15, 0.2) is 48.5 Å². The van der Waals surface area contributed by atoms with Crippen LogP contribution in [0.3, 0.4) is 0 Å². The van der Waals surface area contributed by atoms with Crippen LogP contribution in [-0.4, -0.2) is 24.0 Å². The molecule has 118 valence electrons. The van der Waals surface area contributed by atoms with Gasteiger partial charge >= 0.3 is 0 Å². The van der Waals surface area contributed by atoms with E-state index in [0.717, 1.165) is 31.5 Å². The number of carbonyl (C=O) groups excluding carboxylic acids is 1. The fourth-order valence-corrected chi connectivity index (χ4v) is 2.73. The van der Waals surface area contributed by atoms with Crippen molar-refractivity contribution in [1.29, 1.82) is 0 Å². The van der Waals surface area contributed by atoms with Crippen molar-refractivity contribution in [2.75, 3.05) is 18.0 Å². The minimum absolute atomic E-state index is 0.174. The topological polar surface area (TPSA) is 40.5 Å². The lowest BCUT2D eigenvalue weighted by Crippen LogP contribution is -2.19. The van der Waals surface area contributed by atoms with Crippen molar-refractivity contribution in [1.82, 2.24) is 0 Å². The van der Waals surface area contributed by atoms with Gasteiger partial charge in [-0.1, -0.05) is 18.2 Å². The molecule has 23 heavy (non-hydrogen) atoms. The largest absolute Gasteiger partial charge is 0.508 e. The minimum atomic E-state index is -0.351. The highest BCUT2D eigenvalue weighted by molar-refractivity contribution is 6.07. The Bertz CT molecular complexity index is 732. The molecule has 1 heterocycles. The molecule has 0 spiro atoms. The van der Waals surface area contributed by atoms with Gasteiger partial charge in [0.25, 0.3) is 0 Å². The number of hydrogen-bond donors (Lipinski definition) is 1. The van der Waals surface area contributed by atoms with Crippen LogP contribution in [-0.2, 0) is 0 Å². The molecule has 1 aliphatic rings. The van der Waals surface area contributed by atoms with Gasteiger partial charge in [-0.05, 0) is 54.8 Å². The Labute approximate surface area is 134 Å². The van der Waals surface area contributed by atoms with Gasteiger partial charge in [-0.2, -0.15) is 0 Å². The van der Waals surface area contributed by atoms with E-state index in [-0.39, 0.29) is 17.3 Å². The maximum atomic E-state index is 14.2. The van der Waals surface area contributed by atoms with Gasteiger partial charge in [-0.25, -0.2) is 4.39 Å². The maximum absolute atomic E-state index is 14.2. The van der Waals surface area contributed by atoms with Crippen molar-refractivity contribution in [3.8, 4) is 5.75 Å². The van der Waals surface area contributed by atoms with Crippen LogP contribution < -0.4 is 4.90 Å². The second kappa shape index (κ2) is 6.65. The molecule has 0 unspecified atom stereocenters. The highest BCUT2D eigenvalue weighted by Gasteiger charge is 2.17. The molecule has 0 atom stereocenters. The Hall–Kier alpha value is -2.62. The molecule has 0 aliphatic carbocycles. The summed E-state index contributed by atoms with van der Waals surface area (Å²) in [4.78, 5) is 14.2. The molecular formula is C19H18FNO2. The van der Waals surface area contributed by atoms with Crippen molar-refractivity contribution in [3.05, 3.63) is 65.5 Å². The Kier molecular flexibility index (Phi) is 4.42. The number of anilines is 1. The molecule has 2 aromatic rings. The Morgan fingerprint density at radius 2 is 1.78 bits per heavy atom. The Morgan fingerprint density at radius 3 is 2.43 bits per heavy atom. The number of allylic oxidation sites excluding steroid dienone is 1. The van der Waals surface area contributed by atoms with E-state index < -0.39 is 0 Å². The third-order valence-electron chi connectivity index (χ3n) is 4.00. The summed E-state index contributed by atoms with van der Waals surface area (Å²) >= 11 is 0. The van der Waals surface area contributed by atoms with Crippen LogP contribution in [0.4, 0.5) is 10.1 Å². The first-order valence-electron chi connectivity index (χ1n) is 7.69. The highest BCUT2D eigenvalue weighted by atomic mass is 19.1. The molecule has 0 amide bonds. The molecule has 1 saturated heterocycles. The summed E-state index contributed by atoms with van der Waals surface area (Å²) in [5, 5.41) is 9.22. The third kappa shape index (κ3) is 3.59. The first kappa shape index (κ1) is 15.3. The average molecular weight is 311 g/mol. The summed E-state index contributed by atoms with van der Waals surface area (Å²) in [6.07, 6.45) is 5.22. The zero-order valence-corrected chi connectivity index (χ0v) is 12.7. The summed E-state index contributed by atoms with van der Waals surface area (Å²) in [6.45, 7) is 1.73. The van der Waals surface area contributed by atoms with E-state index >= 15 is 0 Å². The van der Waals surface area contributed by atoms with Gasteiger partial charge in [0, 0.05) is 18.7 Å². The zero-order chi connectivity index (χ0) is 16.2. The molecule has 1 fully saturated rings. The summed E-state index contributed by atoms with van der Waals surface area (Å²) in [5.74, 6) is -0.422. The lowest BCUT2D eigenvalue weighted by Gasteiger charge is -2.18. The molecule has 0 aromatic heterocycles. The van der Waals surface area contributed by atoms with Crippen LogP contribution in [0, 0.1) is 5.82 Å². The van der Waals surface area contributed by atoms with Gasteiger partial charge in [0.1, 0.15) is 11.6 Å². The molecule has 0 radical (unpaired) electrons. The first-order valence-corrected chi connectivity index (χ1v) is 7.69. The lowest BCUT2D eigenvalue weighted by molar-refractivity contribution is 0.104. The second-order valence-corrected chi connectivity index (χ2v) is 5.65. The van der Waals surface area contributed by atoms with Gasteiger partial charge in [-0.3, -0.25) is 4.79 Å². The van der Waals surface area contributed by atoms with Gasteiger partial charge < -0.3 is 10.0 Å². The molecule has 3 nitrogen and oxygen atoms in total. The first-order chi connectivity index (χ1) is 11.1. The van der Waals surface area contributed by atoms with Crippen molar-refractivity contribution in [2.45, 2.75) is 12.8 Å². The van der Waals surface area contributed by atoms with E-state index in [1.54, 1.807) is 42.5 Å². The number of phenolic OH excluding ortho intramolecular Hbond substituents is 1. The smallest absolute Gasteiger partial charge is 0.185 e. The number of nitrogens with zero attached hydrogens (tertiary/aromatic N) is 1. The standard InChI is InChI=1S/C19H18FNO2/c20-17-13-15(6-9-18(17)21-11-1-2-12-21)19(23)10-5-14-3-7-16(22)8-4-14/h3-10,13,22H,1-2,11-12H2/b10-5+. The van der Waals surface area contributed by atoms with Crippen LogP contribution in [0.2, 0.25) is 0 Å². The quantitative estimate of drug-likeness (QED) is 0.684. The second-order valence-electron chi connectivity index (χ2n) is 5.65. The molecule has 4 heteroatoms. The van der Waals surface area contributed by atoms with E-state index in [1.807, 2.05) is 4.90 Å². The van der Waals surface area contributed by atoms with Gasteiger partial charge in [0.2, 0.25) is 0 Å². The van der Waals surface area contributed by atoms with E-state index in [9.17, 15) is 14.3 Å². The molecule has 0 bridgehead atoms. The lowest BCUT2D eigenvalue weighted by atomic mass is 10.1. The average Bonchev–Trinajstić information content (AvgIpc) is 3.08. The predicted octanol–water partition coefficient (Wildman–Crippen LogP) is 4.03. The van der Waals surface area contributed by atoms with E-state index in [2.05, 4.69) is 0 Å². The predicted molar refractivity (Wildman–Crippen MR) is 89.3 cm³/mol. The summed E-state index contributed by atoms with van der Waals surface area (Å²) in [7, 11) is 0. The van der Waals surface area contributed by atoms with Crippen molar-refractivity contribution >= 4 is 17.5 Å². The number of hydrogen-bond acceptors (Lipinski definition) is 3. The van der Waals surface area contributed by atoms with Crippen LogP contribution >= 0.6 is 0 Å². The highest BCUT2D eigenvalue weighted by Crippen LogP contribution is 2.24. The van der Waals surface area contributed by atoms with Crippen LogP contribution in [0.5, 0.6) is 5.75 Å². The molecule has 2 aromatic carbocycles. The normalized spacial score (nSPS) is 14.6. The zero-order valence-electron chi connectivity index (χ0n) is 12.7. The molecule has 1 aliphatic heterocycles. The monoisotopic (exact) mass is 311 g/mol. The third-order valence-corrected chi connectivity index (χ3v) is 4.00. The van der Waals surface area contributed by atoms with E-state index in [1.165, 1.54) is 12.1 Å². The van der Waals surface area contributed by atoms with Crippen molar-refractivity contribution in [3.63, 3.8) is 0 Å². The molecule has 0 saturated carbocycles. The summed E-state index contributed by atoms with van der Waals surface area (Å²) in [5.41, 5.74) is 1.70. The Balaban J connectivity index is 1.74. The number of halogens is 1. The summed E-state index contributed by atoms with van der Waals surface area (Å²) < 4.78 is 14.2. The number of carbonyl (C=O) groups is 1. The minimum Gasteiger partial charge on any atom is -0.508 e. The molecule has 1 N–H and O–H groups in total. The van der Waals surface area contributed by atoms with Crippen molar-refractivity contribution < 1.29 is 14.3 Å². The SMILES string of the molecule is O=C(/C=C/c1ccc(O)cc1)c1ccc(N2CCCC2)c(F)c1. The summed E-state index contributed by atoms with van der Waals surface area (Å²) in [6, 6.07) is 11.2. The number of benzene rings is 2. The van der Waals surface area contributed by atoms with Crippen molar-refractivity contribution in [2.24, 2.45) is 0 Å². The number of aromatic hydroxyl groups is 1. The van der Waals surface area contributed by atoms with Gasteiger partial charge in [0.05, 0.1) is 5.69 Å². The van der Waals surface area contributed by atoms with Gasteiger partial charge in [0.15, 0.2) is 5.78 Å². The van der Waals surface area contributed by atoms with Crippen LogP contribution in [0.1, 0.15) is 28.8 Å². The molecule has 3 rings (SSSR count).